The summed E-state index contributed by atoms with van der Waals surface area (Å²) >= 11 is 4.88. The highest BCUT2D eigenvalue weighted by Crippen LogP contribution is 2.24. The van der Waals surface area contributed by atoms with Crippen molar-refractivity contribution >= 4 is 44.5 Å². The second-order valence-electron chi connectivity index (χ2n) is 2.61. The molecule has 0 radical (unpaired) electrons. The van der Waals surface area contributed by atoms with Gasteiger partial charge in [-0.25, -0.2) is 18.6 Å². The first-order valence-electron chi connectivity index (χ1n) is 3.74. The van der Waals surface area contributed by atoms with Gasteiger partial charge in [0.15, 0.2) is 5.69 Å². The minimum atomic E-state index is -2.77. The zero-order valence-electron chi connectivity index (χ0n) is 7.18. The first kappa shape index (κ1) is 12.8. The molecule has 0 spiro atoms. The fourth-order valence-corrected chi connectivity index (χ4v) is 2.62. The summed E-state index contributed by atoms with van der Waals surface area (Å²) in [5.41, 5.74) is -0.344. The summed E-state index contributed by atoms with van der Waals surface area (Å²) in [6.45, 7) is 0. The second-order valence-corrected chi connectivity index (χ2v) is 4.25. The lowest BCUT2D eigenvalue weighted by Gasteiger charge is -2.07. The number of carbonyl (C=O) groups is 1. The van der Waals surface area contributed by atoms with Gasteiger partial charge in [0.05, 0.1) is 3.57 Å². The molecule has 0 fully saturated rings. The van der Waals surface area contributed by atoms with Gasteiger partial charge in [0.25, 0.3) is 6.43 Å². The van der Waals surface area contributed by atoms with Crippen LogP contribution in [0.4, 0.5) is 8.78 Å². The normalized spacial score (nSPS) is 10.7. The van der Waals surface area contributed by atoms with Crippen LogP contribution in [0.2, 0.25) is 0 Å². The van der Waals surface area contributed by atoms with Gasteiger partial charge in [-0.1, -0.05) is 15.9 Å². The van der Waals surface area contributed by atoms with Crippen LogP contribution < -0.4 is 0 Å². The molecule has 1 N–H and O–H groups in total. The predicted octanol–water partition coefficient (Wildman–Crippen LogP) is 3.22. The van der Waals surface area contributed by atoms with Gasteiger partial charge in [0.1, 0.15) is 5.69 Å². The number of pyridine rings is 1. The average Bonchev–Trinajstić information content (AvgIpc) is 2.17. The number of hydrogen-bond acceptors (Lipinski definition) is 2. The Morgan fingerprint density at radius 3 is 2.67 bits per heavy atom. The number of halogens is 4. The minimum Gasteiger partial charge on any atom is -0.476 e. The standard InChI is InChI=1S/C8H5BrF2INO2/c9-2-3-1-4(7(10)11)13-6(5(3)12)8(14)15/h1,7H,2H2,(H,14,15). The molecule has 0 bridgehead atoms. The fourth-order valence-electron chi connectivity index (χ4n) is 0.955. The van der Waals surface area contributed by atoms with Crippen LogP contribution in [0, 0.1) is 3.57 Å². The Balaban J connectivity index is 3.38. The molecule has 0 saturated carbocycles. The molecular weight excluding hydrogens is 387 g/mol. The van der Waals surface area contributed by atoms with E-state index < -0.39 is 18.1 Å². The van der Waals surface area contributed by atoms with Crippen LogP contribution in [-0.4, -0.2) is 16.1 Å². The van der Waals surface area contributed by atoms with E-state index in [2.05, 4.69) is 20.9 Å². The number of carboxylic acid groups (broad SMARTS) is 1. The highest BCUT2D eigenvalue weighted by molar-refractivity contribution is 14.1. The number of aromatic nitrogens is 1. The lowest BCUT2D eigenvalue weighted by molar-refractivity contribution is 0.0687. The maximum Gasteiger partial charge on any atom is 0.355 e. The first-order valence-corrected chi connectivity index (χ1v) is 5.94. The Kier molecular flexibility index (Phi) is 4.38. The molecule has 0 saturated heterocycles. The zero-order chi connectivity index (χ0) is 11.6. The molecule has 1 heterocycles. The second kappa shape index (κ2) is 5.15. The van der Waals surface area contributed by atoms with E-state index >= 15 is 0 Å². The van der Waals surface area contributed by atoms with Crippen molar-refractivity contribution in [3.63, 3.8) is 0 Å². The Labute approximate surface area is 106 Å². The van der Waals surface area contributed by atoms with E-state index in [1.54, 1.807) is 22.6 Å². The van der Waals surface area contributed by atoms with E-state index in [4.69, 9.17) is 5.11 Å². The van der Waals surface area contributed by atoms with Crippen LogP contribution in [0.5, 0.6) is 0 Å². The van der Waals surface area contributed by atoms with Gasteiger partial charge in [0, 0.05) is 5.33 Å². The number of hydrogen-bond donors (Lipinski definition) is 1. The Morgan fingerprint density at radius 1 is 1.67 bits per heavy atom. The highest BCUT2D eigenvalue weighted by atomic mass is 127. The molecule has 7 heteroatoms. The summed E-state index contributed by atoms with van der Waals surface area (Å²) in [4.78, 5) is 14.1. The monoisotopic (exact) mass is 391 g/mol. The van der Waals surface area contributed by atoms with Crippen molar-refractivity contribution in [2.75, 3.05) is 0 Å². The maximum atomic E-state index is 12.4. The largest absolute Gasteiger partial charge is 0.476 e. The minimum absolute atomic E-state index is 0.313. The summed E-state index contributed by atoms with van der Waals surface area (Å²) in [5, 5.41) is 9.08. The van der Waals surface area contributed by atoms with E-state index in [-0.39, 0.29) is 5.69 Å². The van der Waals surface area contributed by atoms with Crippen molar-refractivity contribution in [1.82, 2.24) is 4.98 Å². The Bertz CT molecular complexity index is 400. The van der Waals surface area contributed by atoms with Crippen LogP contribution >= 0.6 is 38.5 Å². The zero-order valence-corrected chi connectivity index (χ0v) is 10.9. The van der Waals surface area contributed by atoms with Gasteiger partial charge >= 0.3 is 5.97 Å². The summed E-state index contributed by atoms with van der Waals surface area (Å²) in [6, 6.07) is 1.20. The van der Waals surface area contributed by atoms with Gasteiger partial charge in [-0.05, 0) is 34.2 Å². The molecular formula is C8H5BrF2INO2. The summed E-state index contributed by atoms with van der Waals surface area (Å²) < 4.78 is 25.1. The fraction of sp³-hybridized carbons (Fsp3) is 0.250. The molecule has 0 aliphatic carbocycles. The van der Waals surface area contributed by atoms with Crippen molar-refractivity contribution < 1.29 is 18.7 Å². The molecule has 15 heavy (non-hydrogen) atoms. The van der Waals surface area contributed by atoms with Crippen molar-refractivity contribution in [3.05, 3.63) is 26.6 Å². The average molecular weight is 392 g/mol. The first-order chi connectivity index (χ1) is 6.97. The van der Waals surface area contributed by atoms with E-state index in [0.29, 0.717) is 14.5 Å². The van der Waals surface area contributed by atoms with E-state index in [1.165, 1.54) is 6.07 Å². The molecule has 0 aromatic carbocycles. The van der Waals surface area contributed by atoms with Crippen LogP contribution in [0.15, 0.2) is 6.07 Å². The van der Waals surface area contributed by atoms with Gasteiger partial charge in [0.2, 0.25) is 0 Å². The van der Waals surface area contributed by atoms with Gasteiger partial charge in [-0.2, -0.15) is 0 Å². The summed E-state index contributed by atoms with van der Waals surface area (Å²) in [5.74, 6) is -1.30. The number of alkyl halides is 3. The third-order valence-corrected chi connectivity index (χ3v) is 3.43. The van der Waals surface area contributed by atoms with Crippen LogP contribution in [0.25, 0.3) is 0 Å². The molecule has 0 aliphatic heterocycles. The summed E-state index contributed by atoms with van der Waals surface area (Å²) in [7, 11) is 0. The number of rotatable bonds is 3. The van der Waals surface area contributed by atoms with Crippen LogP contribution in [-0.2, 0) is 5.33 Å². The van der Waals surface area contributed by atoms with Crippen molar-refractivity contribution in [3.8, 4) is 0 Å². The van der Waals surface area contributed by atoms with Gasteiger partial charge in [-0.3, -0.25) is 0 Å². The molecule has 0 amide bonds. The third kappa shape index (κ3) is 2.83. The molecule has 1 aromatic heterocycles. The quantitative estimate of drug-likeness (QED) is 0.635. The SMILES string of the molecule is O=C(O)c1nc(C(F)F)cc(CBr)c1I. The van der Waals surface area contributed by atoms with E-state index in [1.807, 2.05) is 0 Å². The van der Waals surface area contributed by atoms with Gasteiger partial charge in [-0.15, -0.1) is 0 Å². The number of nitrogens with zero attached hydrogens (tertiary/aromatic N) is 1. The lowest BCUT2D eigenvalue weighted by Crippen LogP contribution is -2.08. The number of carboxylic acids is 1. The van der Waals surface area contributed by atoms with Crippen molar-refractivity contribution in [1.29, 1.82) is 0 Å². The topological polar surface area (TPSA) is 50.2 Å². The number of aromatic carboxylic acids is 1. The van der Waals surface area contributed by atoms with Crippen molar-refractivity contribution in [2.45, 2.75) is 11.8 Å². The molecule has 0 unspecified atom stereocenters. The molecule has 0 atom stereocenters. The molecule has 82 valence electrons. The third-order valence-electron chi connectivity index (χ3n) is 1.62. The lowest BCUT2D eigenvalue weighted by atomic mass is 10.2. The highest BCUT2D eigenvalue weighted by Gasteiger charge is 2.19. The predicted molar refractivity (Wildman–Crippen MR) is 61.5 cm³/mol. The molecule has 1 rings (SSSR count). The van der Waals surface area contributed by atoms with E-state index in [9.17, 15) is 13.6 Å². The molecule has 0 aliphatic rings. The van der Waals surface area contributed by atoms with Gasteiger partial charge < -0.3 is 5.11 Å². The summed E-state index contributed by atoms with van der Waals surface area (Å²) in [6.07, 6.45) is -2.77. The van der Waals surface area contributed by atoms with Crippen LogP contribution in [0.1, 0.15) is 28.2 Å². The molecule has 1 aromatic rings. The Morgan fingerprint density at radius 2 is 2.27 bits per heavy atom. The van der Waals surface area contributed by atoms with Crippen molar-refractivity contribution in [2.24, 2.45) is 0 Å². The Hall–Kier alpha value is -0.310. The smallest absolute Gasteiger partial charge is 0.355 e. The maximum absolute atomic E-state index is 12.4. The molecule has 3 nitrogen and oxygen atoms in total. The van der Waals surface area contributed by atoms with E-state index in [0.717, 1.165) is 0 Å². The van der Waals surface area contributed by atoms with Crippen LogP contribution in [0.3, 0.4) is 0 Å².